The number of nitrogens with zero attached hydrogens (tertiary/aromatic N) is 1. The lowest BCUT2D eigenvalue weighted by molar-refractivity contribution is -0.138. The lowest BCUT2D eigenvalue weighted by Gasteiger charge is -2.31. The molecule has 1 N–H and O–H groups in total. The van der Waals surface area contributed by atoms with Crippen molar-refractivity contribution in [2.24, 2.45) is 17.8 Å². The van der Waals surface area contributed by atoms with Crippen molar-refractivity contribution in [3.63, 3.8) is 0 Å². The van der Waals surface area contributed by atoms with Gasteiger partial charge in [0.2, 0.25) is 11.8 Å². The number of imide groups is 1. The van der Waals surface area contributed by atoms with Crippen molar-refractivity contribution in [3.05, 3.63) is 58.7 Å². The minimum Gasteiger partial charge on any atom is -0.507 e. The number of ether oxygens (including phenoxy) is 2. The first kappa shape index (κ1) is 24.7. The molecule has 2 saturated heterocycles. The molecule has 2 amide bonds. The number of fused-ring (bicyclic) bond motifs is 4. The van der Waals surface area contributed by atoms with E-state index in [2.05, 4.69) is 13.0 Å². The van der Waals surface area contributed by atoms with Gasteiger partial charge >= 0.3 is 0 Å². The summed E-state index contributed by atoms with van der Waals surface area (Å²) in [5.41, 5.74) is 4.78. The molecule has 6 nitrogen and oxygen atoms in total. The van der Waals surface area contributed by atoms with Crippen LogP contribution in [0.2, 0.25) is 0 Å². The monoisotopic (exact) mass is 489 g/mol. The minimum atomic E-state index is -0.308. The second kappa shape index (κ2) is 10.2. The average Bonchev–Trinajstić information content (AvgIpc) is 3.40. The van der Waals surface area contributed by atoms with Gasteiger partial charge in [-0.15, -0.1) is 0 Å². The molecule has 0 aromatic heterocycles. The summed E-state index contributed by atoms with van der Waals surface area (Å²) in [7, 11) is 3.28. The molecular formula is C30H35NO5. The molecule has 3 aliphatic rings. The van der Waals surface area contributed by atoms with Crippen molar-refractivity contribution in [1.82, 2.24) is 4.90 Å². The highest BCUT2D eigenvalue weighted by Gasteiger charge is 2.55. The molecule has 0 radical (unpaired) electrons. The predicted molar refractivity (Wildman–Crippen MR) is 139 cm³/mol. The van der Waals surface area contributed by atoms with E-state index in [9.17, 15) is 14.7 Å². The van der Waals surface area contributed by atoms with E-state index in [1.807, 2.05) is 30.3 Å². The molecule has 2 aliphatic heterocycles. The van der Waals surface area contributed by atoms with Gasteiger partial charge in [-0.2, -0.15) is 0 Å². The minimum absolute atomic E-state index is 0.0417. The summed E-state index contributed by atoms with van der Waals surface area (Å²) in [5, 5.41) is 12.2. The number of allylic oxidation sites excluding steroid dienone is 1. The molecule has 0 spiro atoms. The Morgan fingerprint density at radius 2 is 1.89 bits per heavy atom. The van der Waals surface area contributed by atoms with E-state index in [-0.39, 0.29) is 35.7 Å². The van der Waals surface area contributed by atoms with Gasteiger partial charge in [0, 0.05) is 25.5 Å². The molecule has 5 rings (SSSR count). The summed E-state index contributed by atoms with van der Waals surface area (Å²) in [6.07, 6.45) is 6.51. The fourth-order valence-electron chi connectivity index (χ4n) is 6.50. The van der Waals surface area contributed by atoms with E-state index in [4.69, 9.17) is 9.47 Å². The van der Waals surface area contributed by atoms with Crippen LogP contribution in [0.1, 0.15) is 44.6 Å². The molecule has 4 atom stereocenters. The maximum Gasteiger partial charge on any atom is 0.233 e. The predicted octanol–water partition coefficient (Wildman–Crippen LogP) is 5.10. The Labute approximate surface area is 212 Å². The summed E-state index contributed by atoms with van der Waals surface area (Å²) in [5.74, 6) is -0.488. The van der Waals surface area contributed by atoms with Crippen LogP contribution in [0.15, 0.2) is 53.1 Å². The number of hydrogen-bond donors (Lipinski definition) is 1. The van der Waals surface area contributed by atoms with Crippen LogP contribution in [0.5, 0.6) is 5.75 Å². The van der Waals surface area contributed by atoms with Crippen LogP contribution in [-0.4, -0.2) is 55.3 Å². The zero-order chi connectivity index (χ0) is 25.4. The molecule has 0 unspecified atom stereocenters. The van der Waals surface area contributed by atoms with Crippen molar-refractivity contribution < 1.29 is 24.2 Å². The maximum absolute atomic E-state index is 12.9. The Morgan fingerprint density at radius 3 is 2.64 bits per heavy atom. The Kier molecular flexibility index (Phi) is 7.00. The number of phenolic OH excluding ortho intramolecular Hbond substituents is 1. The van der Waals surface area contributed by atoms with Crippen molar-refractivity contribution in [2.45, 2.75) is 45.1 Å². The lowest BCUT2D eigenvalue weighted by atomic mass is 9.69. The molecule has 36 heavy (non-hydrogen) atoms. The van der Waals surface area contributed by atoms with E-state index >= 15 is 0 Å². The number of hydrogen-bond acceptors (Lipinski definition) is 5. The van der Waals surface area contributed by atoms with Gasteiger partial charge in [0.15, 0.2) is 0 Å². The second-order valence-electron chi connectivity index (χ2n) is 10.3. The number of methoxy groups -OCH3 is 1. The molecule has 0 bridgehead atoms. The SMILES string of the molecule is CCC/C(=C\c1ccc(O)c2ccccc12)CC[C@H]1OC[C@H]2C1=C(COC)C[C@H]1C(=O)N(C)C(=O)[C@H]12. The first-order valence-corrected chi connectivity index (χ1v) is 13.0. The van der Waals surface area contributed by atoms with Gasteiger partial charge in [-0.25, -0.2) is 0 Å². The first-order valence-electron chi connectivity index (χ1n) is 13.0. The number of benzene rings is 2. The van der Waals surface area contributed by atoms with Gasteiger partial charge < -0.3 is 14.6 Å². The average molecular weight is 490 g/mol. The van der Waals surface area contributed by atoms with Gasteiger partial charge in [-0.1, -0.05) is 55.3 Å². The van der Waals surface area contributed by atoms with Crippen molar-refractivity contribution in [1.29, 1.82) is 0 Å². The number of rotatable bonds is 8. The van der Waals surface area contributed by atoms with Crippen LogP contribution in [0, 0.1) is 17.8 Å². The third-order valence-corrected chi connectivity index (χ3v) is 8.14. The standard InChI is InChI=1S/C30H35NO5/c1-4-7-18(14-19-11-12-25(32)22-9-6-5-8-21(19)22)10-13-26-27-20(16-35-3)15-23-28(24(27)17-36-26)30(34)31(2)29(23)33/h5-6,8-9,11-12,14,23-24,26,28,32H,4,7,10,13,15-17H2,1-3H3/b18-14+/t23-,24+,26-,28-/m1/s1. The van der Waals surface area contributed by atoms with Crippen LogP contribution in [-0.2, 0) is 19.1 Å². The molecule has 190 valence electrons. The largest absolute Gasteiger partial charge is 0.507 e. The first-order chi connectivity index (χ1) is 17.4. The maximum atomic E-state index is 12.9. The molecule has 2 aromatic carbocycles. The van der Waals surface area contributed by atoms with Crippen molar-refractivity contribution >= 4 is 28.7 Å². The van der Waals surface area contributed by atoms with Crippen molar-refractivity contribution in [2.75, 3.05) is 27.4 Å². The third kappa shape index (κ3) is 4.27. The van der Waals surface area contributed by atoms with Crippen LogP contribution in [0.4, 0.5) is 0 Å². The molecule has 2 fully saturated rings. The van der Waals surface area contributed by atoms with Crippen LogP contribution >= 0.6 is 0 Å². The van der Waals surface area contributed by atoms with Gasteiger partial charge in [-0.05, 0) is 53.8 Å². The molecule has 2 heterocycles. The molecule has 0 saturated carbocycles. The molecule has 6 heteroatoms. The second-order valence-corrected chi connectivity index (χ2v) is 10.3. The van der Waals surface area contributed by atoms with Gasteiger partial charge in [0.05, 0.1) is 31.2 Å². The van der Waals surface area contributed by atoms with E-state index in [0.29, 0.717) is 25.4 Å². The lowest BCUT2D eigenvalue weighted by Crippen LogP contribution is -2.34. The van der Waals surface area contributed by atoms with E-state index in [1.54, 1.807) is 20.2 Å². The number of carbonyl (C=O) groups is 2. The van der Waals surface area contributed by atoms with E-state index in [1.165, 1.54) is 16.0 Å². The quantitative estimate of drug-likeness (QED) is 0.412. The summed E-state index contributed by atoms with van der Waals surface area (Å²) in [4.78, 5) is 26.9. The summed E-state index contributed by atoms with van der Waals surface area (Å²) in [6.45, 7) is 3.14. The Bertz CT molecular complexity index is 1250. The molecular weight excluding hydrogens is 454 g/mol. The van der Waals surface area contributed by atoms with Crippen LogP contribution in [0.3, 0.4) is 0 Å². The van der Waals surface area contributed by atoms with Gasteiger partial charge in [-0.3, -0.25) is 14.5 Å². The number of aromatic hydroxyl groups is 1. The normalized spacial score (nSPS) is 26.2. The fourth-order valence-corrected chi connectivity index (χ4v) is 6.50. The highest BCUT2D eigenvalue weighted by atomic mass is 16.5. The van der Waals surface area contributed by atoms with Crippen LogP contribution < -0.4 is 0 Å². The van der Waals surface area contributed by atoms with E-state index in [0.717, 1.165) is 47.6 Å². The Balaban J connectivity index is 1.41. The Morgan fingerprint density at radius 1 is 1.11 bits per heavy atom. The summed E-state index contributed by atoms with van der Waals surface area (Å²) in [6, 6.07) is 11.7. The highest BCUT2D eigenvalue weighted by molar-refractivity contribution is 6.05. The smallest absolute Gasteiger partial charge is 0.233 e. The topological polar surface area (TPSA) is 76.1 Å². The Hall–Kier alpha value is -2.96. The van der Waals surface area contributed by atoms with Crippen molar-refractivity contribution in [3.8, 4) is 5.75 Å². The highest BCUT2D eigenvalue weighted by Crippen LogP contribution is 2.49. The molecule has 2 aromatic rings. The number of amides is 2. The summed E-state index contributed by atoms with van der Waals surface area (Å²) < 4.78 is 11.8. The third-order valence-electron chi connectivity index (χ3n) is 8.14. The van der Waals surface area contributed by atoms with Gasteiger partial charge in [0.1, 0.15) is 5.75 Å². The zero-order valence-electron chi connectivity index (χ0n) is 21.3. The summed E-state index contributed by atoms with van der Waals surface area (Å²) >= 11 is 0. The number of phenols is 1. The number of carbonyl (C=O) groups excluding carboxylic acids is 2. The van der Waals surface area contributed by atoms with Gasteiger partial charge in [0.25, 0.3) is 0 Å². The van der Waals surface area contributed by atoms with Crippen LogP contribution in [0.25, 0.3) is 16.8 Å². The van der Waals surface area contributed by atoms with E-state index < -0.39 is 0 Å². The number of likely N-dealkylation sites (tertiary alicyclic amines) is 1. The zero-order valence-corrected chi connectivity index (χ0v) is 21.3. The molecule has 1 aliphatic carbocycles. The fraction of sp³-hybridized carbons (Fsp3) is 0.467.